The third-order valence-electron chi connectivity index (χ3n) is 3.04. The first kappa shape index (κ1) is 17.5. The van der Waals surface area contributed by atoms with Crippen molar-refractivity contribution >= 4 is 17.6 Å². The number of nitriles is 2. The number of ether oxygens (including phenoxy) is 2. The number of carbonyl (C=O) groups is 2. The standard InChI is InChI=1S/C18H13N3O4/c19-9-13-5-1-3-7-15(13)21-17(22)11-25-18(23)12-24-16-8-4-2-6-14(16)10-20/h1-8H,11-12H2,(H,21,22). The molecule has 0 fully saturated rings. The molecule has 1 amide bonds. The molecule has 0 aliphatic heterocycles. The van der Waals surface area contributed by atoms with E-state index < -0.39 is 25.1 Å². The highest BCUT2D eigenvalue weighted by atomic mass is 16.6. The quantitative estimate of drug-likeness (QED) is 0.808. The lowest BCUT2D eigenvalue weighted by molar-refractivity contribution is -0.149. The Balaban J connectivity index is 1.81. The summed E-state index contributed by atoms with van der Waals surface area (Å²) in [6.07, 6.45) is 0. The molecule has 2 rings (SSSR count). The number of hydrogen-bond donors (Lipinski definition) is 1. The lowest BCUT2D eigenvalue weighted by Crippen LogP contribution is -2.24. The van der Waals surface area contributed by atoms with Gasteiger partial charge in [-0.15, -0.1) is 0 Å². The molecule has 0 aliphatic rings. The Labute approximate surface area is 144 Å². The van der Waals surface area contributed by atoms with Gasteiger partial charge < -0.3 is 14.8 Å². The molecular formula is C18H13N3O4. The van der Waals surface area contributed by atoms with Crippen molar-refractivity contribution in [2.24, 2.45) is 0 Å². The summed E-state index contributed by atoms with van der Waals surface area (Å²) in [6, 6.07) is 16.8. The maximum atomic E-state index is 11.8. The first-order valence-corrected chi connectivity index (χ1v) is 7.20. The number of nitrogens with zero attached hydrogens (tertiary/aromatic N) is 2. The first-order chi connectivity index (χ1) is 12.1. The normalized spacial score (nSPS) is 9.36. The number of para-hydroxylation sites is 2. The second-order valence-corrected chi connectivity index (χ2v) is 4.76. The lowest BCUT2D eigenvalue weighted by Gasteiger charge is -2.09. The maximum absolute atomic E-state index is 11.8. The topological polar surface area (TPSA) is 112 Å². The van der Waals surface area contributed by atoms with Crippen LogP contribution in [0, 0.1) is 22.7 Å². The van der Waals surface area contributed by atoms with Crippen molar-refractivity contribution in [1.82, 2.24) is 0 Å². The molecule has 7 nitrogen and oxygen atoms in total. The molecule has 7 heteroatoms. The van der Waals surface area contributed by atoms with Gasteiger partial charge in [-0.2, -0.15) is 10.5 Å². The molecule has 2 aromatic carbocycles. The Morgan fingerprint density at radius 1 is 0.920 bits per heavy atom. The van der Waals surface area contributed by atoms with Gasteiger partial charge in [-0.1, -0.05) is 24.3 Å². The van der Waals surface area contributed by atoms with E-state index in [2.05, 4.69) is 5.32 Å². The van der Waals surface area contributed by atoms with Crippen molar-refractivity contribution in [1.29, 1.82) is 10.5 Å². The SMILES string of the molecule is N#Cc1ccccc1NC(=O)COC(=O)COc1ccccc1C#N. The van der Waals surface area contributed by atoms with E-state index in [9.17, 15) is 9.59 Å². The van der Waals surface area contributed by atoms with Crippen LogP contribution in [0.15, 0.2) is 48.5 Å². The molecule has 0 aliphatic carbocycles. The monoisotopic (exact) mass is 335 g/mol. The predicted octanol–water partition coefficient (Wildman–Crippen LogP) is 1.99. The van der Waals surface area contributed by atoms with Crippen molar-refractivity contribution in [2.45, 2.75) is 0 Å². The highest BCUT2D eigenvalue weighted by molar-refractivity contribution is 5.94. The molecule has 0 saturated carbocycles. The Morgan fingerprint density at radius 2 is 1.56 bits per heavy atom. The van der Waals surface area contributed by atoms with E-state index in [-0.39, 0.29) is 5.75 Å². The smallest absolute Gasteiger partial charge is 0.344 e. The van der Waals surface area contributed by atoms with E-state index in [1.54, 1.807) is 48.5 Å². The first-order valence-electron chi connectivity index (χ1n) is 7.20. The minimum atomic E-state index is -0.753. The van der Waals surface area contributed by atoms with Gasteiger partial charge in [0.05, 0.1) is 16.8 Å². The van der Waals surface area contributed by atoms with Crippen molar-refractivity contribution < 1.29 is 19.1 Å². The van der Waals surface area contributed by atoms with Gasteiger partial charge in [-0.05, 0) is 24.3 Å². The van der Waals surface area contributed by atoms with Gasteiger partial charge in [-0.25, -0.2) is 4.79 Å². The van der Waals surface area contributed by atoms with E-state index in [1.807, 2.05) is 12.1 Å². The van der Waals surface area contributed by atoms with E-state index in [4.69, 9.17) is 20.0 Å². The number of amides is 1. The van der Waals surface area contributed by atoms with Gasteiger partial charge in [0.2, 0.25) is 0 Å². The van der Waals surface area contributed by atoms with Crippen LogP contribution in [0.4, 0.5) is 5.69 Å². The molecule has 0 aromatic heterocycles. The lowest BCUT2D eigenvalue weighted by atomic mass is 10.2. The van der Waals surface area contributed by atoms with Crippen LogP contribution < -0.4 is 10.1 Å². The summed E-state index contributed by atoms with van der Waals surface area (Å²) in [7, 11) is 0. The van der Waals surface area contributed by atoms with E-state index in [0.717, 1.165) is 0 Å². The van der Waals surface area contributed by atoms with Gasteiger partial charge in [0, 0.05) is 0 Å². The fraction of sp³-hybridized carbons (Fsp3) is 0.111. The molecule has 0 spiro atoms. The molecule has 0 saturated heterocycles. The van der Waals surface area contributed by atoms with Crippen LogP contribution in [-0.4, -0.2) is 25.1 Å². The Kier molecular flexibility index (Phi) is 6.10. The number of rotatable bonds is 6. The molecule has 0 radical (unpaired) electrons. The predicted molar refractivity (Wildman–Crippen MR) is 87.4 cm³/mol. The average Bonchev–Trinajstić information content (AvgIpc) is 2.65. The molecule has 0 atom stereocenters. The summed E-state index contributed by atoms with van der Waals surface area (Å²) < 4.78 is 10.0. The second-order valence-electron chi connectivity index (χ2n) is 4.76. The molecular weight excluding hydrogens is 322 g/mol. The number of anilines is 1. The summed E-state index contributed by atoms with van der Waals surface area (Å²) >= 11 is 0. The van der Waals surface area contributed by atoms with Gasteiger partial charge in [0.1, 0.15) is 17.9 Å². The second kappa shape index (κ2) is 8.70. The van der Waals surface area contributed by atoms with Crippen molar-refractivity contribution in [3.8, 4) is 17.9 Å². The number of hydrogen-bond acceptors (Lipinski definition) is 6. The zero-order valence-corrected chi connectivity index (χ0v) is 13.1. The highest BCUT2D eigenvalue weighted by Crippen LogP contribution is 2.16. The average molecular weight is 335 g/mol. The van der Waals surface area contributed by atoms with Crippen LogP contribution in [0.1, 0.15) is 11.1 Å². The fourth-order valence-electron chi connectivity index (χ4n) is 1.89. The van der Waals surface area contributed by atoms with Crippen LogP contribution in [0.2, 0.25) is 0 Å². The molecule has 0 unspecified atom stereocenters. The fourth-order valence-corrected chi connectivity index (χ4v) is 1.89. The van der Waals surface area contributed by atoms with Crippen LogP contribution in [0.25, 0.3) is 0 Å². The minimum Gasteiger partial charge on any atom is -0.481 e. The number of esters is 1. The van der Waals surface area contributed by atoms with Gasteiger partial charge in [-0.3, -0.25) is 4.79 Å². The highest BCUT2D eigenvalue weighted by Gasteiger charge is 2.11. The summed E-state index contributed by atoms with van der Waals surface area (Å²) in [5.74, 6) is -1.07. The maximum Gasteiger partial charge on any atom is 0.344 e. The molecule has 124 valence electrons. The van der Waals surface area contributed by atoms with E-state index >= 15 is 0 Å². The summed E-state index contributed by atoms with van der Waals surface area (Å²) in [4.78, 5) is 23.4. The van der Waals surface area contributed by atoms with Crippen molar-refractivity contribution in [3.63, 3.8) is 0 Å². The van der Waals surface area contributed by atoms with Crippen molar-refractivity contribution in [3.05, 3.63) is 59.7 Å². The minimum absolute atomic E-state index is 0.259. The van der Waals surface area contributed by atoms with Crippen molar-refractivity contribution in [2.75, 3.05) is 18.5 Å². The van der Waals surface area contributed by atoms with Crippen LogP contribution in [0.3, 0.4) is 0 Å². The van der Waals surface area contributed by atoms with Crippen LogP contribution in [0.5, 0.6) is 5.75 Å². The van der Waals surface area contributed by atoms with Gasteiger partial charge in [0.15, 0.2) is 13.2 Å². The Bertz CT molecular complexity index is 865. The van der Waals surface area contributed by atoms with E-state index in [0.29, 0.717) is 16.8 Å². The zero-order chi connectivity index (χ0) is 18.1. The molecule has 0 bridgehead atoms. The summed E-state index contributed by atoms with van der Waals surface area (Å²) in [6.45, 7) is -0.942. The van der Waals surface area contributed by atoms with Gasteiger partial charge in [0.25, 0.3) is 5.91 Å². The van der Waals surface area contributed by atoms with Crippen LogP contribution >= 0.6 is 0 Å². The third-order valence-corrected chi connectivity index (χ3v) is 3.04. The van der Waals surface area contributed by atoms with Gasteiger partial charge >= 0.3 is 5.97 Å². The number of nitrogens with one attached hydrogen (secondary N) is 1. The largest absolute Gasteiger partial charge is 0.481 e. The number of carbonyl (C=O) groups excluding carboxylic acids is 2. The Morgan fingerprint density at radius 3 is 2.28 bits per heavy atom. The molecule has 0 heterocycles. The summed E-state index contributed by atoms with van der Waals surface area (Å²) in [5.41, 5.74) is 0.935. The zero-order valence-electron chi connectivity index (χ0n) is 13.1. The van der Waals surface area contributed by atoms with E-state index in [1.165, 1.54) is 0 Å². The van der Waals surface area contributed by atoms with Crippen LogP contribution in [-0.2, 0) is 14.3 Å². The number of benzene rings is 2. The molecule has 2 aromatic rings. The summed E-state index contributed by atoms with van der Waals surface area (Å²) in [5, 5.41) is 20.4. The third kappa shape index (κ3) is 5.08. The molecule has 1 N–H and O–H groups in total. The Hall–Kier alpha value is -3.84. The molecule has 25 heavy (non-hydrogen) atoms.